The molecule has 1 aliphatic heterocycles. The van der Waals surface area contributed by atoms with E-state index in [1.807, 2.05) is 100 Å². The van der Waals surface area contributed by atoms with Crippen LogP contribution in [0.2, 0.25) is 0 Å². The Balaban J connectivity index is 1.70. The van der Waals surface area contributed by atoms with E-state index in [0.717, 1.165) is 16.7 Å². The highest BCUT2D eigenvalue weighted by Gasteiger charge is 2.41. The van der Waals surface area contributed by atoms with Crippen molar-refractivity contribution in [1.29, 1.82) is 0 Å². The number of nitrogens with zero attached hydrogens (tertiary/aromatic N) is 4. The van der Waals surface area contributed by atoms with E-state index in [1.54, 1.807) is 16.7 Å². The number of aromatic nitrogens is 3. The zero-order valence-electron chi connectivity index (χ0n) is 22.2. The van der Waals surface area contributed by atoms with Gasteiger partial charge in [0.2, 0.25) is 5.91 Å². The summed E-state index contributed by atoms with van der Waals surface area (Å²) >= 11 is 0. The first kappa shape index (κ1) is 25.2. The molecule has 2 heterocycles. The van der Waals surface area contributed by atoms with Gasteiger partial charge in [0.1, 0.15) is 17.5 Å². The Kier molecular flexibility index (Phi) is 6.48. The van der Waals surface area contributed by atoms with Crippen LogP contribution >= 0.6 is 0 Å². The van der Waals surface area contributed by atoms with Gasteiger partial charge < -0.3 is 15.0 Å². The second-order valence-corrected chi connectivity index (χ2v) is 10.5. The lowest BCUT2D eigenvalue weighted by molar-refractivity contribution is -0.127. The van der Waals surface area contributed by atoms with Crippen LogP contribution in [0.15, 0.2) is 72.8 Å². The summed E-state index contributed by atoms with van der Waals surface area (Å²) in [5.74, 6) is 0.126. The molecule has 1 aliphatic rings. The number of benzene rings is 3. The molecule has 8 nitrogen and oxygen atoms in total. The number of para-hydroxylation sites is 1. The third kappa shape index (κ3) is 4.77. The first-order chi connectivity index (χ1) is 18.2. The van der Waals surface area contributed by atoms with E-state index in [1.165, 1.54) is 0 Å². The quantitative estimate of drug-likeness (QED) is 0.415. The Hall–Kier alpha value is -4.46. The van der Waals surface area contributed by atoms with Gasteiger partial charge in [0.15, 0.2) is 5.69 Å². The van der Waals surface area contributed by atoms with Crippen LogP contribution in [0, 0.1) is 6.92 Å². The van der Waals surface area contributed by atoms with Gasteiger partial charge in [-0.05, 0) is 51.5 Å². The summed E-state index contributed by atoms with van der Waals surface area (Å²) in [6, 6.07) is 21.9. The van der Waals surface area contributed by atoms with E-state index < -0.39 is 11.6 Å². The molecule has 38 heavy (non-hydrogen) atoms. The van der Waals surface area contributed by atoms with Gasteiger partial charge in [-0.2, -0.15) is 0 Å². The molecule has 1 N–H and O–H groups in total. The minimum atomic E-state index is -0.882. The summed E-state index contributed by atoms with van der Waals surface area (Å²) in [6.07, 6.45) is 0. The van der Waals surface area contributed by atoms with Gasteiger partial charge in [-0.1, -0.05) is 65.4 Å². The number of carbonyl (C=O) groups excluding carboxylic acids is 2. The lowest BCUT2D eigenvalue weighted by atomic mass is 9.99. The van der Waals surface area contributed by atoms with Crippen molar-refractivity contribution in [1.82, 2.24) is 25.2 Å². The number of methoxy groups -OCH3 is 1. The minimum Gasteiger partial charge on any atom is -0.497 e. The van der Waals surface area contributed by atoms with Crippen molar-refractivity contribution >= 4 is 11.8 Å². The van der Waals surface area contributed by atoms with Crippen LogP contribution in [0.5, 0.6) is 5.75 Å². The van der Waals surface area contributed by atoms with Crippen LogP contribution in [0.3, 0.4) is 0 Å². The molecule has 3 aromatic carbocycles. The molecule has 0 radical (unpaired) electrons. The predicted octanol–water partition coefficient (Wildman–Crippen LogP) is 4.86. The maximum atomic E-state index is 14.5. The summed E-state index contributed by atoms with van der Waals surface area (Å²) in [5, 5.41) is 11.9. The van der Waals surface area contributed by atoms with Crippen molar-refractivity contribution in [2.75, 3.05) is 7.11 Å². The third-order valence-electron chi connectivity index (χ3n) is 6.49. The van der Waals surface area contributed by atoms with Gasteiger partial charge in [0, 0.05) is 23.2 Å². The van der Waals surface area contributed by atoms with Crippen LogP contribution < -0.4 is 10.1 Å². The van der Waals surface area contributed by atoms with E-state index in [0.29, 0.717) is 28.4 Å². The summed E-state index contributed by atoms with van der Waals surface area (Å²) in [4.78, 5) is 29.9. The molecule has 5 rings (SSSR count). The van der Waals surface area contributed by atoms with Crippen molar-refractivity contribution in [3.05, 3.63) is 95.2 Å². The topological polar surface area (TPSA) is 89.3 Å². The first-order valence-electron chi connectivity index (χ1n) is 12.5. The number of nitrogens with one attached hydrogen (secondary N) is 1. The summed E-state index contributed by atoms with van der Waals surface area (Å²) in [6.45, 7) is 7.98. The Labute approximate surface area is 222 Å². The number of amides is 2. The van der Waals surface area contributed by atoms with Crippen LogP contribution in [-0.2, 0) is 11.3 Å². The molecule has 0 bridgehead atoms. The maximum absolute atomic E-state index is 14.5. The van der Waals surface area contributed by atoms with Crippen molar-refractivity contribution in [3.8, 4) is 22.7 Å². The highest BCUT2D eigenvalue weighted by molar-refractivity contribution is 6.02. The summed E-state index contributed by atoms with van der Waals surface area (Å²) < 4.78 is 6.87. The zero-order valence-corrected chi connectivity index (χ0v) is 22.2. The lowest BCUT2D eigenvalue weighted by Gasteiger charge is -2.32. The standard InChI is InChI=1S/C30H31N5O3/c1-19-10-14-21(15-11-19)25-27-29(37)34(18-20-12-16-22(38-5)17-13-20)26(28(36)31-30(2,3)4)23-8-6-7-9-24(23)35(27)33-32-25/h6-17,26H,18H2,1-5H3,(H,31,36). The molecule has 1 atom stereocenters. The number of rotatable bonds is 5. The average Bonchev–Trinajstić information content (AvgIpc) is 3.29. The largest absolute Gasteiger partial charge is 0.497 e. The minimum absolute atomic E-state index is 0.206. The van der Waals surface area contributed by atoms with Crippen LogP contribution in [0.1, 0.15) is 54.0 Å². The zero-order chi connectivity index (χ0) is 27.0. The van der Waals surface area contributed by atoms with E-state index >= 15 is 0 Å². The third-order valence-corrected chi connectivity index (χ3v) is 6.49. The van der Waals surface area contributed by atoms with Crippen LogP contribution in [-0.4, -0.2) is 44.4 Å². The molecule has 2 amide bonds. The second-order valence-electron chi connectivity index (χ2n) is 10.5. The van der Waals surface area contributed by atoms with Crippen molar-refractivity contribution in [2.45, 2.75) is 45.8 Å². The van der Waals surface area contributed by atoms with Gasteiger partial charge in [-0.15, -0.1) is 5.10 Å². The maximum Gasteiger partial charge on any atom is 0.276 e. The lowest BCUT2D eigenvalue weighted by Crippen LogP contribution is -2.48. The molecule has 0 spiro atoms. The van der Waals surface area contributed by atoms with Gasteiger partial charge in [-0.25, -0.2) is 4.68 Å². The fourth-order valence-electron chi connectivity index (χ4n) is 4.69. The molecule has 0 saturated carbocycles. The fraction of sp³-hybridized carbons (Fsp3) is 0.267. The van der Waals surface area contributed by atoms with Crippen LogP contribution in [0.25, 0.3) is 16.9 Å². The average molecular weight is 510 g/mol. The monoisotopic (exact) mass is 509 g/mol. The van der Waals surface area contributed by atoms with Crippen molar-refractivity contribution in [3.63, 3.8) is 0 Å². The molecule has 0 saturated heterocycles. The Morgan fingerprint density at radius 3 is 2.34 bits per heavy atom. The SMILES string of the molecule is COc1ccc(CN2C(=O)c3c(-c4ccc(C)cc4)nnn3-c3ccccc3C2C(=O)NC(C)(C)C)cc1. The van der Waals surface area contributed by atoms with Gasteiger partial charge in [0.25, 0.3) is 5.91 Å². The number of carbonyl (C=O) groups is 2. The van der Waals surface area contributed by atoms with Crippen LogP contribution in [0.4, 0.5) is 0 Å². The summed E-state index contributed by atoms with van der Waals surface area (Å²) in [5.41, 5.74) is 4.37. The van der Waals surface area contributed by atoms with Gasteiger partial charge in [0.05, 0.1) is 12.8 Å². The normalized spacial score (nSPS) is 14.9. The smallest absolute Gasteiger partial charge is 0.276 e. The predicted molar refractivity (Wildman–Crippen MR) is 145 cm³/mol. The fourth-order valence-corrected chi connectivity index (χ4v) is 4.69. The second kappa shape index (κ2) is 9.78. The Bertz CT molecular complexity index is 1480. The number of ether oxygens (including phenoxy) is 1. The molecule has 4 aromatic rings. The molecule has 0 fully saturated rings. The first-order valence-corrected chi connectivity index (χ1v) is 12.5. The van der Waals surface area contributed by atoms with Crippen molar-refractivity contribution < 1.29 is 14.3 Å². The number of hydrogen-bond acceptors (Lipinski definition) is 5. The highest BCUT2D eigenvalue weighted by Crippen LogP contribution is 2.37. The Morgan fingerprint density at radius 2 is 1.68 bits per heavy atom. The van der Waals surface area contributed by atoms with E-state index in [-0.39, 0.29) is 18.4 Å². The van der Waals surface area contributed by atoms with E-state index in [2.05, 4.69) is 15.6 Å². The van der Waals surface area contributed by atoms with Gasteiger partial charge in [-0.3, -0.25) is 9.59 Å². The molecule has 194 valence electrons. The number of aryl methyl sites for hydroxylation is 1. The number of fused-ring (bicyclic) bond motifs is 3. The summed E-state index contributed by atoms with van der Waals surface area (Å²) in [7, 11) is 1.61. The molecule has 1 aromatic heterocycles. The Morgan fingerprint density at radius 1 is 1.00 bits per heavy atom. The molecular formula is C30H31N5O3. The van der Waals surface area contributed by atoms with E-state index in [4.69, 9.17) is 4.74 Å². The molecule has 8 heteroatoms. The molecule has 0 aliphatic carbocycles. The van der Waals surface area contributed by atoms with Crippen molar-refractivity contribution in [2.24, 2.45) is 0 Å². The molecule has 1 unspecified atom stereocenters. The van der Waals surface area contributed by atoms with E-state index in [9.17, 15) is 9.59 Å². The number of hydrogen-bond donors (Lipinski definition) is 1. The van der Waals surface area contributed by atoms with Gasteiger partial charge >= 0.3 is 0 Å². The highest BCUT2D eigenvalue weighted by atomic mass is 16.5. The molecular weight excluding hydrogens is 478 g/mol.